The van der Waals surface area contributed by atoms with Gasteiger partial charge in [0.25, 0.3) is 0 Å². The van der Waals surface area contributed by atoms with E-state index in [1.807, 2.05) is 48.5 Å². The lowest BCUT2D eigenvalue weighted by molar-refractivity contribution is 0.112. The van der Waals surface area contributed by atoms with Gasteiger partial charge in [0.1, 0.15) is 11.8 Å². The van der Waals surface area contributed by atoms with E-state index in [2.05, 4.69) is 34.6 Å². The third-order valence-corrected chi connectivity index (χ3v) is 3.82. The van der Waals surface area contributed by atoms with Crippen molar-refractivity contribution < 1.29 is 4.74 Å². The molecule has 0 radical (unpaired) electrons. The maximum atomic E-state index is 8.86. The fourth-order valence-corrected chi connectivity index (χ4v) is 2.52. The van der Waals surface area contributed by atoms with Gasteiger partial charge in [-0.05, 0) is 23.3 Å². The molecule has 0 aliphatic carbocycles. The molecule has 1 N–H and O–H groups in total. The van der Waals surface area contributed by atoms with Gasteiger partial charge in [-0.3, -0.25) is 0 Å². The van der Waals surface area contributed by atoms with Crippen molar-refractivity contribution in [2.75, 3.05) is 11.9 Å². The largest absolute Gasteiger partial charge is 0.375 e. The summed E-state index contributed by atoms with van der Waals surface area (Å²) in [7, 11) is 0. The molecule has 25 heavy (non-hydrogen) atoms. The molecule has 0 aliphatic rings. The molecule has 1 unspecified atom stereocenters. The Balaban J connectivity index is 1.68. The van der Waals surface area contributed by atoms with Crippen LogP contribution in [0.3, 0.4) is 0 Å². The van der Waals surface area contributed by atoms with Crippen molar-refractivity contribution in [2.24, 2.45) is 0 Å². The molecule has 124 valence electrons. The van der Waals surface area contributed by atoms with Crippen molar-refractivity contribution in [1.29, 1.82) is 5.26 Å². The van der Waals surface area contributed by atoms with E-state index in [4.69, 9.17) is 10.00 Å². The highest BCUT2D eigenvalue weighted by molar-refractivity contribution is 5.45. The molecule has 0 saturated carbocycles. The molecule has 3 aromatic rings. The molecule has 1 aromatic heterocycles. The Labute approximate surface area is 147 Å². The van der Waals surface area contributed by atoms with E-state index in [9.17, 15) is 0 Å². The highest BCUT2D eigenvalue weighted by atomic mass is 16.5. The predicted molar refractivity (Wildman–Crippen MR) is 97.9 cm³/mol. The summed E-state index contributed by atoms with van der Waals surface area (Å²) >= 11 is 0. The zero-order valence-electron chi connectivity index (χ0n) is 13.8. The number of anilines is 1. The van der Waals surface area contributed by atoms with E-state index in [0.717, 1.165) is 16.8 Å². The first-order chi connectivity index (χ1) is 12.3. The zero-order valence-corrected chi connectivity index (χ0v) is 13.8. The third-order valence-electron chi connectivity index (χ3n) is 3.82. The van der Waals surface area contributed by atoms with Crippen LogP contribution in [0.15, 0.2) is 79.0 Å². The summed E-state index contributed by atoms with van der Waals surface area (Å²) in [6.45, 7) is 1.09. The maximum absolute atomic E-state index is 8.86. The number of pyridine rings is 1. The van der Waals surface area contributed by atoms with Crippen LogP contribution < -0.4 is 5.32 Å². The second-order valence-electron chi connectivity index (χ2n) is 5.65. The monoisotopic (exact) mass is 329 g/mol. The topological polar surface area (TPSA) is 57.9 Å². The number of aromatic nitrogens is 1. The average Bonchev–Trinajstić information content (AvgIpc) is 2.69. The normalized spacial score (nSPS) is 11.5. The first-order valence-electron chi connectivity index (χ1n) is 8.14. The Morgan fingerprint density at radius 1 is 0.960 bits per heavy atom. The maximum Gasteiger partial charge on any atom is 0.140 e. The van der Waals surface area contributed by atoms with Crippen LogP contribution in [0.4, 0.5) is 5.69 Å². The number of rotatable bonds is 7. The molecule has 4 heteroatoms. The predicted octanol–water partition coefficient (Wildman–Crippen LogP) is 4.32. The minimum absolute atomic E-state index is 0.000326. The minimum atomic E-state index is -0.000326. The molecular formula is C21H19N3O. The van der Waals surface area contributed by atoms with Crippen LogP contribution in [0, 0.1) is 11.3 Å². The number of ether oxygens (including phenoxy) is 1. The van der Waals surface area contributed by atoms with E-state index in [1.54, 1.807) is 12.3 Å². The first-order valence-corrected chi connectivity index (χ1v) is 8.14. The molecule has 3 rings (SSSR count). The molecule has 2 aromatic carbocycles. The molecule has 0 bridgehead atoms. The first kappa shape index (κ1) is 16.7. The molecular weight excluding hydrogens is 310 g/mol. The van der Waals surface area contributed by atoms with Crippen LogP contribution in [0.5, 0.6) is 0 Å². The van der Waals surface area contributed by atoms with Gasteiger partial charge in [0.15, 0.2) is 0 Å². The molecule has 0 saturated heterocycles. The van der Waals surface area contributed by atoms with Gasteiger partial charge in [-0.2, -0.15) is 5.26 Å². The Kier molecular flexibility index (Phi) is 5.76. The van der Waals surface area contributed by atoms with Crippen LogP contribution in [0.25, 0.3) is 0 Å². The fraction of sp³-hybridized carbons (Fsp3) is 0.143. The summed E-state index contributed by atoms with van der Waals surface area (Å²) in [6, 6.07) is 25.9. The summed E-state index contributed by atoms with van der Waals surface area (Å²) in [6.07, 6.45) is 1.67. The van der Waals surface area contributed by atoms with Crippen molar-refractivity contribution in [2.45, 2.75) is 12.6 Å². The fourth-order valence-electron chi connectivity index (χ4n) is 2.52. The number of nitriles is 1. The molecule has 0 amide bonds. The molecule has 1 atom stereocenters. The number of benzene rings is 2. The standard InChI is InChI=1S/C21H19N3O/c22-13-19-11-12-20(14-23-19)24-21(18-9-5-2-6-10-18)16-25-15-17-7-3-1-4-8-17/h1-12,14,21,24H,15-16H2. The van der Waals surface area contributed by atoms with Gasteiger partial charge in [-0.15, -0.1) is 0 Å². The Morgan fingerprint density at radius 2 is 1.68 bits per heavy atom. The molecule has 1 heterocycles. The number of hydrogen-bond acceptors (Lipinski definition) is 4. The van der Waals surface area contributed by atoms with Crippen molar-refractivity contribution in [1.82, 2.24) is 4.98 Å². The van der Waals surface area contributed by atoms with E-state index >= 15 is 0 Å². The quantitative estimate of drug-likeness (QED) is 0.701. The van der Waals surface area contributed by atoms with Crippen LogP contribution >= 0.6 is 0 Å². The van der Waals surface area contributed by atoms with Crippen LogP contribution in [0.2, 0.25) is 0 Å². The van der Waals surface area contributed by atoms with E-state index < -0.39 is 0 Å². The van der Waals surface area contributed by atoms with Gasteiger partial charge in [0, 0.05) is 0 Å². The van der Waals surface area contributed by atoms with Crippen LogP contribution in [-0.4, -0.2) is 11.6 Å². The second-order valence-corrected chi connectivity index (χ2v) is 5.65. The Hall–Kier alpha value is -3.16. The highest BCUT2D eigenvalue weighted by Gasteiger charge is 2.12. The highest BCUT2D eigenvalue weighted by Crippen LogP contribution is 2.20. The summed E-state index contributed by atoms with van der Waals surface area (Å²) < 4.78 is 5.92. The van der Waals surface area contributed by atoms with Crippen molar-refractivity contribution in [3.8, 4) is 6.07 Å². The summed E-state index contributed by atoms with van der Waals surface area (Å²) in [5.74, 6) is 0. The van der Waals surface area contributed by atoms with Crippen molar-refractivity contribution in [3.05, 3.63) is 95.8 Å². The lowest BCUT2D eigenvalue weighted by Gasteiger charge is -2.20. The summed E-state index contributed by atoms with van der Waals surface area (Å²) in [4.78, 5) is 4.11. The molecule has 0 spiro atoms. The van der Waals surface area contributed by atoms with Gasteiger partial charge >= 0.3 is 0 Å². The second kappa shape index (κ2) is 8.62. The zero-order chi connectivity index (χ0) is 17.3. The smallest absolute Gasteiger partial charge is 0.140 e. The van der Waals surface area contributed by atoms with Gasteiger partial charge < -0.3 is 10.1 Å². The van der Waals surface area contributed by atoms with Crippen LogP contribution in [-0.2, 0) is 11.3 Å². The van der Waals surface area contributed by atoms with Gasteiger partial charge in [0.2, 0.25) is 0 Å². The van der Waals surface area contributed by atoms with E-state index in [1.165, 1.54) is 0 Å². The number of nitrogens with zero attached hydrogens (tertiary/aromatic N) is 2. The number of hydrogen-bond donors (Lipinski definition) is 1. The lowest BCUT2D eigenvalue weighted by Crippen LogP contribution is -2.17. The lowest BCUT2D eigenvalue weighted by atomic mass is 10.1. The Morgan fingerprint density at radius 3 is 2.32 bits per heavy atom. The Bertz CT molecular complexity index is 811. The van der Waals surface area contributed by atoms with E-state index in [0.29, 0.717) is 18.9 Å². The molecule has 4 nitrogen and oxygen atoms in total. The van der Waals surface area contributed by atoms with Crippen molar-refractivity contribution in [3.63, 3.8) is 0 Å². The van der Waals surface area contributed by atoms with Gasteiger partial charge in [-0.25, -0.2) is 4.98 Å². The van der Waals surface area contributed by atoms with Crippen molar-refractivity contribution >= 4 is 5.69 Å². The van der Waals surface area contributed by atoms with Crippen LogP contribution in [0.1, 0.15) is 22.9 Å². The summed E-state index contributed by atoms with van der Waals surface area (Å²) in [5.41, 5.74) is 3.55. The van der Waals surface area contributed by atoms with E-state index in [-0.39, 0.29) is 6.04 Å². The van der Waals surface area contributed by atoms with Gasteiger partial charge in [-0.1, -0.05) is 60.7 Å². The third kappa shape index (κ3) is 4.90. The average molecular weight is 329 g/mol. The SMILES string of the molecule is N#Cc1ccc(NC(COCc2ccccc2)c2ccccc2)cn1. The van der Waals surface area contributed by atoms with Gasteiger partial charge in [0.05, 0.1) is 31.1 Å². The molecule has 0 aliphatic heterocycles. The molecule has 0 fully saturated rings. The minimum Gasteiger partial charge on any atom is -0.375 e. The summed E-state index contributed by atoms with van der Waals surface area (Å²) in [5, 5.41) is 12.3. The number of nitrogens with one attached hydrogen (secondary N) is 1.